The number of hydrogen-bond donors (Lipinski definition) is 3. The molecule has 3 N–H and O–H groups in total. The predicted molar refractivity (Wildman–Crippen MR) is 145 cm³/mol. The Hall–Kier alpha value is -3.12. The van der Waals surface area contributed by atoms with Gasteiger partial charge in [0.1, 0.15) is 17.8 Å². The molecule has 0 aromatic heterocycles. The third-order valence-electron chi connectivity index (χ3n) is 10.2. The van der Waals surface area contributed by atoms with Crippen molar-refractivity contribution in [1.29, 1.82) is 0 Å². The summed E-state index contributed by atoms with van der Waals surface area (Å²) in [5, 5.41) is 35.8. The van der Waals surface area contributed by atoms with Crippen molar-refractivity contribution in [3.05, 3.63) is 47.0 Å². The Bertz CT molecular complexity index is 1350. The molecular weight excluding hydrogens is 548 g/mol. The van der Waals surface area contributed by atoms with Crippen LogP contribution in [0.4, 0.5) is 0 Å². The highest BCUT2D eigenvalue weighted by atomic mass is 16.6. The monoisotopic (exact) mass is 586 g/mol. The summed E-state index contributed by atoms with van der Waals surface area (Å²) in [6.45, 7) is 8.42. The van der Waals surface area contributed by atoms with Crippen LogP contribution in [0.1, 0.15) is 64.7 Å². The molecule has 42 heavy (non-hydrogen) atoms. The average molecular weight is 587 g/mol. The first-order valence-corrected chi connectivity index (χ1v) is 14.1. The lowest BCUT2D eigenvalue weighted by Gasteiger charge is -2.67. The molecule has 1 aromatic carbocycles. The Balaban J connectivity index is 1.84. The van der Waals surface area contributed by atoms with Gasteiger partial charge in [0.25, 0.3) is 0 Å². The first-order valence-electron chi connectivity index (χ1n) is 14.1. The number of ketones is 1. The Labute approximate surface area is 243 Å². The molecule has 3 fully saturated rings. The number of benzene rings is 1. The Kier molecular flexibility index (Phi) is 7.20. The van der Waals surface area contributed by atoms with E-state index in [1.807, 2.05) is 0 Å². The molecule has 11 nitrogen and oxygen atoms in total. The molecule has 0 radical (unpaired) electrons. The maximum atomic E-state index is 14.8. The van der Waals surface area contributed by atoms with E-state index in [9.17, 15) is 34.5 Å². The highest BCUT2D eigenvalue weighted by Gasteiger charge is 2.78. The number of aliphatic hydroxyl groups excluding tert-OH is 2. The Morgan fingerprint density at radius 2 is 1.64 bits per heavy atom. The van der Waals surface area contributed by atoms with Gasteiger partial charge in [0.05, 0.1) is 35.7 Å². The van der Waals surface area contributed by atoms with E-state index in [2.05, 4.69) is 0 Å². The van der Waals surface area contributed by atoms with Gasteiger partial charge in [-0.3, -0.25) is 14.4 Å². The zero-order valence-electron chi connectivity index (χ0n) is 24.6. The molecule has 4 aliphatic rings. The van der Waals surface area contributed by atoms with Crippen LogP contribution in [0.25, 0.3) is 0 Å². The topological polar surface area (TPSA) is 166 Å². The van der Waals surface area contributed by atoms with Gasteiger partial charge in [-0.2, -0.15) is 0 Å². The molecule has 2 saturated carbocycles. The lowest BCUT2D eigenvalue weighted by atomic mass is 9.44. The number of fused-ring (bicyclic) bond motifs is 5. The number of ether oxygens (including phenoxy) is 4. The summed E-state index contributed by atoms with van der Waals surface area (Å²) in [7, 11) is 0. The number of carbonyl (C=O) groups is 4. The van der Waals surface area contributed by atoms with E-state index >= 15 is 0 Å². The second-order valence-corrected chi connectivity index (χ2v) is 12.8. The SMILES string of the molecule is CC(=O)O[C@H]1C(=O)[C@@]2(C)[C@H](O)C[C@H]3OC[C@]3(OC(C)=O)[C@@H]2[C@H](OC(=O)c2ccccc2)[C@]2(O)C[C@H](O)C(C)=C1C2(C)C. The molecule has 3 aliphatic carbocycles. The van der Waals surface area contributed by atoms with Crippen LogP contribution in [0.2, 0.25) is 0 Å². The third kappa shape index (κ3) is 4.08. The van der Waals surface area contributed by atoms with Gasteiger partial charge in [0, 0.05) is 32.1 Å². The molecule has 0 amide bonds. The predicted octanol–water partition coefficient (Wildman–Crippen LogP) is 1.65. The molecule has 0 spiro atoms. The van der Waals surface area contributed by atoms with Crippen molar-refractivity contribution < 1.29 is 53.4 Å². The van der Waals surface area contributed by atoms with Crippen molar-refractivity contribution in [1.82, 2.24) is 0 Å². The van der Waals surface area contributed by atoms with E-state index in [-0.39, 0.29) is 30.6 Å². The lowest BCUT2D eigenvalue weighted by molar-refractivity contribution is -0.345. The maximum Gasteiger partial charge on any atom is 0.338 e. The molecule has 11 heteroatoms. The molecule has 1 heterocycles. The van der Waals surface area contributed by atoms with Gasteiger partial charge in [0.2, 0.25) is 0 Å². The van der Waals surface area contributed by atoms with Crippen LogP contribution in [0.15, 0.2) is 41.5 Å². The van der Waals surface area contributed by atoms with Gasteiger partial charge < -0.3 is 34.3 Å². The molecule has 228 valence electrons. The Morgan fingerprint density at radius 1 is 1.00 bits per heavy atom. The summed E-state index contributed by atoms with van der Waals surface area (Å²) in [6, 6.07) is 8.05. The van der Waals surface area contributed by atoms with Crippen LogP contribution in [0.5, 0.6) is 0 Å². The van der Waals surface area contributed by atoms with Crippen LogP contribution in [0.3, 0.4) is 0 Å². The van der Waals surface area contributed by atoms with Gasteiger partial charge >= 0.3 is 17.9 Å². The van der Waals surface area contributed by atoms with Gasteiger partial charge in [-0.15, -0.1) is 0 Å². The van der Waals surface area contributed by atoms with E-state index < -0.39 is 82.2 Å². The van der Waals surface area contributed by atoms with Gasteiger partial charge in [-0.05, 0) is 37.1 Å². The van der Waals surface area contributed by atoms with Gasteiger partial charge in [0.15, 0.2) is 17.5 Å². The summed E-state index contributed by atoms with van der Waals surface area (Å²) < 4.78 is 23.5. The summed E-state index contributed by atoms with van der Waals surface area (Å²) in [6.07, 6.45) is -7.27. The molecule has 9 atom stereocenters. The van der Waals surface area contributed by atoms with Crippen molar-refractivity contribution in [2.45, 2.75) is 96.1 Å². The minimum atomic E-state index is -2.11. The molecule has 1 saturated heterocycles. The standard InChI is InChI=1S/C31H38O11/c1-15-19(34)13-31(38)26(41-27(37)18-10-8-7-9-11-18)24-29(6,20(35)12-21-30(24,14-39-21)42-17(3)33)25(36)23(40-16(2)32)22(15)28(31,4)5/h7-11,19-21,23-24,26,34-35,38H,12-14H2,1-6H3/t19-,20+,21+,23+,24+,26-,29-,30+,31+/m0/s1. The fourth-order valence-electron chi connectivity index (χ4n) is 7.91. The summed E-state index contributed by atoms with van der Waals surface area (Å²) >= 11 is 0. The molecule has 5 rings (SSSR count). The van der Waals surface area contributed by atoms with Gasteiger partial charge in [-0.25, -0.2) is 4.79 Å². The van der Waals surface area contributed by atoms with Crippen molar-refractivity contribution in [3.8, 4) is 0 Å². The number of rotatable bonds is 4. The number of Topliss-reactive ketones (excluding diaryl/α,β-unsaturated/α-hetero) is 1. The normalized spacial score (nSPS) is 40.4. The minimum absolute atomic E-state index is 0.110. The summed E-state index contributed by atoms with van der Waals surface area (Å²) in [5.74, 6) is -4.41. The highest BCUT2D eigenvalue weighted by Crippen LogP contribution is 2.64. The van der Waals surface area contributed by atoms with Crippen LogP contribution < -0.4 is 0 Å². The largest absolute Gasteiger partial charge is 0.455 e. The molecule has 2 bridgehead atoms. The van der Waals surface area contributed by atoms with Gasteiger partial charge in [-0.1, -0.05) is 32.0 Å². The van der Waals surface area contributed by atoms with E-state index in [1.54, 1.807) is 39.0 Å². The van der Waals surface area contributed by atoms with Crippen molar-refractivity contribution in [2.75, 3.05) is 6.61 Å². The number of hydrogen-bond acceptors (Lipinski definition) is 11. The van der Waals surface area contributed by atoms with Crippen molar-refractivity contribution in [3.63, 3.8) is 0 Å². The fourth-order valence-corrected chi connectivity index (χ4v) is 7.91. The Morgan fingerprint density at radius 3 is 2.19 bits per heavy atom. The quantitative estimate of drug-likeness (QED) is 0.267. The lowest BCUT2D eigenvalue weighted by Crippen LogP contribution is -2.81. The second kappa shape index (κ2) is 9.97. The highest BCUT2D eigenvalue weighted by molar-refractivity contribution is 5.95. The summed E-state index contributed by atoms with van der Waals surface area (Å²) in [4.78, 5) is 53.4. The molecular formula is C31H38O11. The van der Waals surface area contributed by atoms with Crippen LogP contribution in [0, 0.1) is 16.7 Å². The number of aliphatic hydroxyl groups is 3. The second-order valence-electron chi connectivity index (χ2n) is 12.8. The molecule has 1 aromatic rings. The average Bonchev–Trinajstić information content (AvgIpc) is 2.90. The zero-order valence-corrected chi connectivity index (χ0v) is 24.6. The van der Waals surface area contributed by atoms with Crippen LogP contribution in [-0.4, -0.2) is 87.3 Å². The number of esters is 3. The maximum absolute atomic E-state index is 14.8. The first kappa shape index (κ1) is 30.3. The van der Waals surface area contributed by atoms with E-state index in [1.165, 1.54) is 26.0 Å². The van der Waals surface area contributed by atoms with E-state index in [0.717, 1.165) is 6.92 Å². The third-order valence-corrected chi connectivity index (χ3v) is 10.2. The van der Waals surface area contributed by atoms with Crippen LogP contribution >= 0.6 is 0 Å². The first-order chi connectivity index (χ1) is 19.5. The zero-order chi connectivity index (χ0) is 31.0. The number of carbonyl (C=O) groups excluding carboxylic acids is 4. The summed E-state index contributed by atoms with van der Waals surface area (Å²) in [5.41, 5.74) is -6.38. The minimum Gasteiger partial charge on any atom is -0.455 e. The molecule has 0 unspecified atom stereocenters. The van der Waals surface area contributed by atoms with E-state index in [0.29, 0.717) is 5.57 Å². The molecule has 1 aliphatic heterocycles. The van der Waals surface area contributed by atoms with E-state index in [4.69, 9.17) is 18.9 Å². The van der Waals surface area contributed by atoms with Crippen molar-refractivity contribution >= 4 is 23.7 Å². The smallest absolute Gasteiger partial charge is 0.338 e. The fraction of sp³-hybridized carbons (Fsp3) is 0.613. The van der Waals surface area contributed by atoms with Crippen molar-refractivity contribution in [2.24, 2.45) is 16.7 Å². The van der Waals surface area contributed by atoms with Crippen LogP contribution in [-0.2, 0) is 33.3 Å².